The minimum absolute atomic E-state index is 0.202. The largest absolute Gasteiger partial charge is 0.451 e. The number of hydrogen-bond acceptors (Lipinski definition) is 2. The molecule has 1 heterocycles. The van der Waals surface area contributed by atoms with Gasteiger partial charge in [-0.25, -0.2) is 0 Å². The lowest BCUT2D eigenvalue weighted by molar-refractivity contribution is 0.0922. The first-order valence-corrected chi connectivity index (χ1v) is 6.58. The molecule has 1 aromatic carbocycles. The van der Waals surface area contributed by atoms with Crippen molar-refractivity contribution in [3.05, 3.63) is 47.2 Å². The van der Waals surface area contributed by atoms with E-state index in [1.807, 2.05) is 32.0 Å². The third kappa shape index (κ3) is 3.38. The number of hydrogen-bond donors (Lipinski definition) is 1. The lowest BCUT2D eigenvalue weighted by Gasteiger charge is -2.05. The summed E-state index contributed by atoms with van der Waals surface area (Å²) in [5.74, 6) is 1.10. The van der Waals surface area contributed by atoms with Crippen LogP contribution in [0.4, 0.5) is 0 Å². The maximum atomic E-state index is 11.8. The van der Waals surface area contributed by atoms with Crippen LogP contribution in [-0.4, -0.2) is 12.5 Å². The molecule has 0 aliphatic rings. The van der Waals surface area contributed by atoms with E-state index in [0.29, 0.717) is 29.0 Å². The summed E-state index contributed by atoms with van der Waals surface area (Å²) >= 11 is 6.09. The Kier molecular flexibility index (Phi) is 4.27. The Labute approximate surface area is 117 Å². The molecule has 2 rings (SSSR count). The zero-order valence-electron chi connectivity index (χ0n) is 10.9. The van der Waals surface area contributed by atoms with Gasteiger partial charge in [0.05, 0.1) is 5.02 Å². The Balaban J connectivity index is 2.15. The standard InChI is InChI=1S/C15H16ClNO2/c1-10(2)9-17-15(18)14-8-7-13(19-14)11-5-3-4-6-12(11)16/h3-8,10H,9H2,1-2H3,(H,17,18). The van der Waals surface area contributed by atoms with E-state index >= 15 is 0 Å². The molecule has 0 spiro atoms. The number of carbonyl (C=O) groups excluding carboxylic acids is 1. The van der Waals surface area contributed by atoms with Gasteiger partial charge in [-0.2, -0.15) is 0 Å². The molecule has 0 aliphatic carbocycles. The zero-order chi connectivity index (χ0) is 13.8. The van der Waals surface area contributed by atoms with Crippen molar-refractivity contribution in [2.75, 3.05) is 6.54 Å². The molecule has 0 fully saturated rings. The molecule has 1 aromatic heterocycles. The Morgan fingerprint density at radius 1 is 1.26 bits per heavy atom. The highest BCUT2D eigenvalue weighted by atomic mass is 35.5. The Bertz CT molecular complexity index is 575. The first-order valence-electron chi connectivity index (χ1n) is 6.21. The van der Waals surface area contributed by atoms with Crippen molar-refractivity contribution in [1.29, 1.82) is 0 Å². The van der Waals surface area contributed by atoms with E-state index in [1.54, 1.807) is 18.2 Å². The van der Waals surface area contributed by atoms with Crippen LogP contribution in [0.15, 0.2) is 40.8 Å². The minimum atomic E-state index is -0.202. The molecular formula is C15H16ClNO2. The Hall–Kier alpha value is -1.74. The topological polar surface area (TPSA) is 42.2 Å². The van der Waals surface area contributed by atoms with E-state index in [4.69, 9.17) is 16.0 Å². The molecule has 3 nitrogen and oxygen atoms in total. The van der Waals surface area contributed by atoms with Gasteiger partial charge in [0.25, 0.3) is 5.91 Å². The van der Waals surface area contributed by atoms with Crippen molar-refractivity contribution in [3.8, 4) is 11.3 Å². The van der Waals surface area contributed by atoms with Gasteiger partial charge in [0.1, 0.15) is 5.76 Å². The van der Waals surface area contributed by atoms with Crippen LogP contribution >= 0.6 is 11.6 Å². The molecule has 2 aromatic rings. The van der Waals surface area contributed by atoms with Gasteiger partial charge < -0.3 is 9.73 Å². The number of rotatable bonds is 4. The Morgan fingerprint density at radius 3 is 2.68 bits per heavy atom. The maximum absolute atomic E-state index is 11.8. The van der Waals surface area contributed by atoms with Gasteiger partial charge in [-0.15, -0.1) is 0 Å². The van der Waals surface area contributed by atoms with Crippen LogP contribution in [0.1, 0.15) is 24.4 Å². The van der Waals surface area contributed by atoms with Crippen molar-refractivity contribution in [1.82, 2.24) is 5.32 Å². The van der Waals surface area contributed by atoms with E-state index in [1.165, 1.54) is 0 Å². The second-order valence-electron chi connectivity index (χ2n) is 4.75. The van der Waals surface area contributed by atoms with E-state index in [2.05, 4.69) is 5.32 Å². The lowest BCUT2D eigenvalue weighted by Crippen LogP contribution is -2.26. The normalized spacial score (nSPS) is 10.7. The second kappa shape index (κ2) is 5.93. The summed E-state index contributed by atoms with van der Waals surface area (Å²) in [5, 5.41) is 3.41. The molecule has 0 radical (unpaired) electrons. The average molecular weight is 278 g/mol. The first kappa shape index (κ1) is 13.7. The fourth-order valence-corrected chi connectivity index (χ4v) is 1.88. The molecule has 100 valence electrons. The zero-order valence-corrected chi connectivity index (χ0v) is 11.7. The van der Waals surface area contributed by atoms with Crippen LogP contribution in [0.3, 0.4) is 0 Å². The van der Waals surface area contributed by atoms with Crippen LogP contribution in [0, 0.1) is 5.92 Å². The number of furan rings is 1. The third-order valence-electron chi connectivity index (χ3n) is 2.64. The summed E-state index contributed by atoms with van der Waals surface area (Å²) in [4.78, 5) is 11.8. The fraction of sp³-hybridized carbons (Fsp3) is 0.267. The van der Waals surface area contributed by atoms with Gasteiger partial charge in [-0.05, 0) is 30.2 Å². The third-order valence-corrected chi connectivity index (χ3v) is 2.97. The van der Waals surface area contributed by atoms with Crippen molar-refractivity contribution < 1.29 is 9.21 Å². The number of halogens is 1. The van der Waals surface area contributed by atoms with Crippen LogP contribution in [-0.2, 0) is 0 Å². The molecular weight excluding hydrogens is 262 g/mol. The van der Waals surface area contributed by atoms with Gasteiger partial charge in [-0.1, -0.05) is 37.6 Å². The number of nitrogens with one attached hydrogen (secondary N) is 1. The quantitative estimate of drug-likeness (QED) is 0.918. The van der Waals surface area contributed by atoms with Crippen LogP contribution in [0.2, 0.25) is 5.02 Å². The van der Waals surface area contributed by atoms with Crippen LogP contribution < -0.4 is 5.32 Å². The first-order chi connectivity index (χ1) is 9.08. The number of carbonyl (C=O) groups is 1. The predicted octanol–water partition coefficient (Wildman–Crippen LogP) is 3.99. The van der Waals surface area contributed by atoms with Crippen molar-refractivity contribution in [2.45, 2.75) is 13.8 Å². The summed E-state index contributed by atoms with van der Waals surface area (Å²) in [5.41, 5.74) is 0.784. The smallest absolute Gasteiger partial charge is 0.287 e. The summed E-state index contributed by atoms with van der Waals surface area (Å²) in [6.45, 7) is 4.70. The van der Waals surface area contributed by atoms with Gasteiger partial charge in [-0.3, -0.25) is 4.79 Å². The molecule has 0 unspecified atom stereocenters. The van der Waals surface area contributed by atoms with Crippen LogP contribution in [0.5, 0.6) is 0 Å². The van der Waals surface area contributed by atoms with E-state index in [0.717, 1.165) is 5.56 Å². The maximum Gasteiger partial charge on any atom is 0.287 e. The van der Waals surface area contributed by atoms with Gasteiger partial charge in [0.2, 0.25) is 0 Å². The average Bonchev–Trinajstić information content (AvgIpc) is 2.86. The number of amides is 1. The molecule has 4 heteroatoms. The number of benzene rings is 1. The minimum Gasteiger partial charge on any atom is -0.451 e. The molecule has 19 heavy (non-hydrogen) atoms. The second-order valence-corrected chi connectivity index (χ2v) is 5.15. The lowest BCUT2D eigenvalue weighted by atomic mass is 10.2. The highest BCUT2D eigenvalue weighted by Gasteiger charge is 2.13. The van der Waals surface area contributed by atoms with E-state index in [-0.39, 0.29) is 5.91 Å². The highest BCUT2D eigenvalue weighted by molar-refractivity contribution is 6.33. The van der Waals surface area contributed by atoms with Crippen molar-refractivity contribution >= 4 is 17.5 Å². The van der Waals surface area contributed by atoms with Crippen molar-refractivity contribution in [3.63, 3.8) is 0 Å². The summed E-state index contributed by atoms with van der Waals surface area (Å²) in [7, 11) is 0. The van der Waals surface area contributed by atoms with Gasteiger partial charge >= 0.3 is 0 Å². The summed E-state index contributed by atoms with van der Waals surface area (Å²) in [6.07, 6.45) is 0. The molecule has 0 atom stereocenters. The summed E-state index contributed by atoms with van der Waals surface area (Å²) < 4.78 is 5.55. The van der Waals surface area contributed by atoms with E-state index in [9.17, 15) is 4.79 Å². The fourth-order valence-electron chi connectivity index (χ4n) is 1.65. The van der Waals surface area contributed by atoms with Gasteiger partial charge in [0.15, 0.2) is 5.76 Å². The predicted molar refractivity (Wildman–Crippen MR) is 76.3 cm³/mol. The molecule has 0 saturated heterocycles. The molecule has 0 aliphatic heterocycles. The van der Waals surface area contributed by atoms with Crippen molar-refractivity contribution in [2.24, 2.45) is 5.92 Å². The van der Waals surface area contributed by atoms with Gasteiger partial charge in [0, 0.05) is 12.1 Å². The molecule has 0 saturated carbocycles. The SMILES string of the molecule is CC(C)CNC(=O)c1ccc(-c2ccccc2Cl)o1. The molecule has 0 bridgehead atoms. The summed E-state index contributed by atoms with van der Waals surface area (Å²) in [6, 6.07) is 10.8. The molecule has 1 amide bonds. The van der Waals surface area contributed by atoms with Crippen LogP contribution in [0.25, 0.3) is 11.3 Å². The monoisotopic (exact) mass is 277 g/mol. The molecule has 1 N–H and O–H groups in total. The Morgan fingerprint density at radius 2 is 2.00 bits per heavy atom. The highest BCUT2D eigenvalue weighted by Crippen LogP contribution is 2.28. The van der Waals surface area contributed by atoms with E-state index < -0.39 is 0 Å².